The molecule has 0 aliphatic heterocycles. The van der Waals surface area contributed by atoms with E-state index < -0.39 is 6.10 Å². The molecule has 1 rings (SSSR count). The van der Waals surface area contributed by atoms with Gasteiger partial charge in [0.25, 0.3) is 0 Å². The Morgan fingerprint density at radius 2 is 2.00 bits per heavy atom. The highest BCUT2D eigenvalue weighted by Gasteiger charge is 2.15. The van der Waals surface area contributed by atoms with Gasteiger partial charge in [0.2, 0.25) is 0 Å². The van der Waals surface area contributed by atoms with Crippen LogP contribution in [0.2, 0.25) is 0 Å². The van der Waals surface area contributed by atoms with Crippen LogP contribution in [0.1, 0.15) is 19.4 Å². The van der Waals surface area contributed by atoms with E-state index in [0.29, 0.717) is 19.0 Å². The Hall–Kier alpha value is -1.59. The van der Waals surface area contributed by atoms with Gasteiger partial charge in [-0.3, -0.25) is 0 Å². The van der Waals surface area contributed by atoms with Crippen molar-refractivity contribution in [2.45, 2.75) is 26.5 Å². The lowest BCUT2D eigenvalue weighted by molar-refractivity contribution is -0.150. The molecule has 0 bridgehead atoms. The third kappa shape index (κ3) is 6.04. The second-order valence-corrected chi connectivity index (χ2v) is 4.33. The number of hydrogen-bond acceptors (Lipinski definition) is 5. The zero-order valence-electron chi connectivity index (χ0n) is 12.3. The Morgan fingerprint density at radius 1 is 1.30 bits per heavy atom. The highest BCUT2D eigenvalue weighted by molar-refractivity contribution is 5.74. The smallest absolute Gasteiger partial charge is 0.347 e. The van der Waals surface area contributed by atoms with E-state index in [1.54, 1.807) is 21.0 Å². The van der Waals surface area contributed by atoms with Crippen molar-refractivity contribution in [3.8, 4) is 5.75 Å². The van der Waals surface area contributed by atoms with Crippen molar-refractivity contribution >= 4 is 5.97 Å². The van der Waals surface area contributed by atoms with E-state index in [1.807, 2.05) is 24.3 Å². The first kappa shape index (κ1) is 16.5. The highest BCUT2D eigenvalue weighted by Crippen LogP contribution is 2.14. The summed E-state index contributed by atoms with van der Waals surface area (Å²) < 4.78 is 15.4. The Balaban J connectivity index is 2.40. The van der Waals surface area contributed by atoms with Gasteiger partial charge in [0.05, 0.1) is 13.2 Å². The minimum atomic E-state index is -0.597. The van der Waals surface area contributed by atoms with Crippen LogP contribution in [-0.2, 0) is 20.8 Å². The zero-order valence-corrected chi connectivity index (χ0v) is 12.3. The lowest BCUT2D eigenvalue weighted by Crippen LogP contribution is -2.26. The molecule has 1 unspecified atom stereocenters. The number of carbonyl (C=O) groups excluding carboxylic acids is 1. The fourth-order valence-corrected chi connectivity index (χ4v) is 1.60. The Kier molecular flexibility index (Phi) is 7.69. The lowest BCUT2D eigenvalue weighted by atomic mass is 10.2. The molecule has 0 fully saturated rings. The van der Waals surface area contributed by atoms with E-state index in [2.05, 4.69) is 5.32 Å². The lowest BCUT2D eigenvalue weighted by Gasteiger charge is -2.13. The van der Waals surface area contributed by atoms with Gasteiger partial charge in [-0.15, -0.1) is 0 Å². The fourth-order valence-electron chi connectivity index (χ4n) is 1.60. The molecular formula is C15H23NO4. The minimum absolute atomic E-state index is 0.349. The first-order valence-electron chi connectivity index (χ1n) is 6.79. The van der Waals surface area contributed by atoms with E-state index in [9.17, 15) is 4.79 Å². The summed E-state index contributed by atoms with van der Waals surface area (Å²) in [6.07, 6.45) is -0.597. The molecule has 0 aliphatic carbocycles. The summed E-state index contributed by atoms with van der Waals surface area (Å²) in [4.78, 5) is 11.4. The summed E-state index contributed by atoms with van der Waals surface area (Å²) in [7, 11) is 1.68. The Bertz CT molecular complexity index is 391. The zero-order chi connectivity index (χ0) is 14.8. The first-order chi connectivity index (χ1) is 9.67. The third-order valence-electron chi connectivity index (χ3n) is 2.67. The SMILES string of the molecule is CCOC(=O)C(C)Oc1ccc(CNCCOC)cc1. The number of methoxy groups -OCH3 is 1. The molecule has 0 spiro atoms. The van der Waals surface area contributed by atoms with Gasteiger partial charge < -0.3 is 19.5 Å². The van der Waals surface area contributed by atoms with Gasteiger partial charge in [-0.1, -0.05) is 12.1 Å². The van der Waals surface area contributed by atoms with Crippen LogP contribution in [-0.4, -0.2) is 38.9 Å². The Labute approximate surface area is 120 Å². The molecular weight excluding hydrogens is 258 g/mol. The molecule has 0 aliphatic rings. The number of nitrogens with one attached hydrogen (secondary N) is 1. The molecule has 0 radical (unpaired) electrons. The maximum atomic E-state index is 11.4. The van der Waals surface area contributed by atoms with Crippen LogP contribution >= 0.6 is 0 Å². The standard InChI is InChI=1S/C15H23NO4/c1-4-19-15(17)12(2)20-14-7-5-13(6-8-14)11-16-9-10-18-3/h5-8,12,16H,4,9-11H2,1-3H3. The van der Waals surface area contributed by atoms with Crippen molar-refractivity contribution in [1.29, 1.82) is 0 Å². The van der Waals surface area contributed by atoms with Crippen molar-refractivity contribution in [1.82, 2.24) is 5.32 Å². The molecule has 1 aromatic carbocycles. The van der Waals surface area contributed by atoms with E-state index in [-0.39, 0.29) is 5.97 Å². The van der Waals surface area contributed by atoms with Crippen LogP contribution in [0.3, 0.4) is 0 Å². The average molecular weight is 281 g/mol. The van der Waals surface area contributed by atoms with Gasteiger partial charge in [-0.25, -0.2) is 4.79 Å². The number of carbonyl (C=O) groups is 1. The molecule has 0 heterocycles. The van der Waals surface area contributed by atoms with Crippen LogP contribution in [0.4, 0.5) is 0 Å². The minimum Gasteiger partial charge on any atom is -0.479 e. The molecule has 1 aromatic rings. The molecule has 0 amide bonds. The third-order valence-corrected chi connectivity index (χ3v) is 2.67. The second-order valence-electron chi connectivity index (χ2n) is 4.33. The van der Waals surface area contributed by atoms with Crippen molar-refractivity contribution in [3.63, 3.8) is 0 Å². The molecule has 112 valence electrons. The van der Waals surface area contributed by atoms with Gasteiger partial charge in [0.15, 0.2) is 6.10 Å². The number of rotatable bonds is 9. The predicted molar refractivity (Wildman–Crippen MR) is 76.7 cm³/mol. The monoisotopic (exact) mass is 281 g/mol. The molecule has 20 heavy (non-hydrogen) atoms. The molecule has 0 saturated heterocycles. The summed E-state index contributed by atoms with van der Waals surface area (Å²) in [6, 6.07) is 7.63. The van der Waals surface area contributed by atoms with Gasteiger partial charge in [0.1, 0.15) is 5.75 Å². The van der Waals surface area contributed by atoms with Crippen LogP contribution in [0, 0.1) is 0 Å². The van der Waals surface area contributed by atoms with Crippen molar-refractivity contribution < 1.29 is 19.0 Å². The summed E-state index contributed by atoms with van der Waals surface area (Å²) in [5.41, 5.74) is 1.15. The number of ether oxygens (including phenoxy) is 3. The predicted octanol–water partition coefficient (Wildman–Crippen LogP) is 1.75. The Morgan fingerprint density at radius 3 is 2.60 bits per heavy atom. The van der Waals surface area contributed by atoms with Crippen molar-refractivity contribution in [2.75, 3.05) is 26.9 Å². The average Bonchev–Trinajstić information content (AvgIpc) is 2.45. The molecule has 1 atom stereocenters. The largest absolute Gasteiger partial charge is 0.479 e. The maximum Gasteiger partial charge on any atom is 0.347 e. The normalized spacial score (nSPS) is 11.9. The number of benzene rings is 1. The first-order valence-corrected chi connectivity index (χ1v) is 6.79. The summed E-state index contributed by atoms with van der Waals surface area (Å²) in [6.45, 7) is 6.09. The maximum absolute atomic E-state index is 11.4. The van der Waals surface area contributed by atoms with E-state index in [1.165, 1.54) is 0 Å². The topological polar surface area (TPSA) is 56.8 Å². The van der Waals surface area contributed by atoms with E-state index in [4.69, 9.17) is 14.2 Å². The molecule has 0 saturated carbocycles. The highest BCUT2D eigenvalue weighted by atomic mass is 16.6. The summed E-state index contributed by atoms with van der Waals surface area (Å²) in [5, 5.41) is 3.26. The quantitative estimate of drug-likeness (QED) is 0.552. The van der Waals surface area contributed by atoms with Gasteiger partial charge in [-0.2, -0.15) is 0 Å². The molecule has 5 nitrogen and oxygen atoms in total. The van der Waals surface area contributed by atoms with E-state index in [0.717, 1.165) is 18.7 Å². The molecule has 0 aromatic heterocycles. The van der Waals surface area contributed by atoms with Gasteiger partial charge in [0, 0.05) is 20.2 Å². The van der Waals surface area contributed by atoms with Crippen LogP contribution < -0.4 is 10.1 Å². The molecule has 1 N–H and O–H groups in total. The number of esters is 1. The van der Waals surface area contributed by atoms with Crippen LogP contribution in [0.25, 0.3) is 0 Å². The molecule has 5 heteroatoms. The van der Waals surface area contributed by atoms with Crippen LogP contribution in [0.15, 0.2) is 24.3 Å². The second kappa shape index (κ2) is 9.34. The van der Waals surface area contributed by atoms with Crippen molar-refractivity contribution in [3.05, 3.63) is 29.8 Å². The van der Waals surface area contributed by atoms with Crippen LogP contribution in [0.5, 0.6) is 5.75 Å². The number of hydrogen-bond donors (Lipinski definition) is 1. The van der Waals surface area contributed by atoms with E-state index >= 15 is 0 Å². The van der Waals surface area contributed by atoms with Gasteiger partial charge >= 0.3 is 5.97 Å². The summed E-state index contributed by atoms with van der Waals surface area (Å²) >= 11 is 0. The summed E-state index contributed by atoms with van der Waals surface area (Å²) in [5.74, 6) is 0.309. The van der Waals surface area contributed by atoms with Gasteiger partial charge in [-0.05, 0) is 31.5 Å². The fraction of sp³-hybridized carbons (Fsp3) is 0.533. The van der Waals surface area contributed by atoms with Crippen molar-refractivity contribution in [2.24, 2.45) is 0 Å².